The summed E-state index contributed by atoms with van der Waals surface area (Å²) in [6.07, 6.45) is 15.0. The second-order valence-electron chi connectivity index (χ2n) is 12.5. The second-order valence-corrected chi connectivity index (χ2v) is 14.0. The molecule has 15 nitrogen and oxygen atoms in total. The second kappa shape index (κ2) is 46.8. The summed E-state index contributed by atoms with van der Waals surface area (Å²) in [5.41, 5.74) is 0. The van der Waals surface area contributed by atoms with Gasteiger partial charge in [-0.25, -0.2) is 8.42 Å². The molecule has 54 heavy (non-hydrogen) atoms. The molecule has 0 spiro atoms. The Morgan fingerprint density at radius 2 is 0.463 bits per heavy atom. The van der Waals surface area contributed by atoms with Crippen LogP contribution in [0.5, 0.6) is 0 Å². The maximum Gasteiger partial charge on any atom is 0.0946 e. The van der Waals surface area contributed by atoms with Crippen LogP contribution in [-0.2, 0) is 67.0 Å². The first-order valence-electron chi connectivity index (χ1n) is 20.4. The van der Waals surface area contributed by atoms with Crippen LogP contribution < -0.4 is 0 Å². The zero-order chi connectivity index (χ0) is 39.1. The third-order valence-corrected chi connectivity index (χ3v) is 8.46. The maximum absolute atomic E-state index is 10.5. The van der Waals surface area contributed by atoms with E-state index in [0.717, 1.165) is 13.0 Å². The SMILES string of the molecule is CCCCCCCCCCCCCOCCOCCOCCOCCOCCOCCOCCOCCOCCOCCOCCOCCCS(=O)(=O)[O-]. The summed E-state index contributed by atoms with van der Waals surface area (Å²) < 4.78 is 96.9. The van der Waals surface area contributed by atoms with Crippen LogP contribution in [0.4, 0.5) is 0 Å². The number of hydrogen-bond acceptors (Lipinski definition) is 15. The van der Waals surface area contributed by atoms with Crippen molar-refractivity contribution < 1.29 is 69.8 Å². The molecule has 0 unspecified atom stereocenters. The van der Waals surface area contributed by atoms with E-state index in [1.54, 1.807) is 0 Å². The molecule has 0 bridgehead atoms. The molecule has 0 fully saturated rings. The van der Waals surface area contributed by atoms with Crippen molar-refractivity contribution in [2.75, 3.05) is 164 Å². The molecule has 0 rings (SSSR count). The fraction of sp³-hybridized carbons (Fsp3) is 1.00. The molecule has 16 heteroatoms. The normalized spacial score (nSPS) is 12.0. The third kappa shape index (κ3) is 51.4. The molecule has 0 saturated heterocycles. The van der Waals surface area contributed by atoms with E-state index in [1.165, 1.54) is 64.2 Å². The lowest BCUT2D eigenvalue weighted by Gasteiger charge is -2.09. The van der Waals surface area contributed by atoms with Gasteiger partial charge in [0.15, 0.2) is 0 Å². The van der Waals surface area contributed by atoms with Gasteiger partial charge < -0.3 is 61.4 Å². The van der Waals surface area contributed by atoms with E-state index in [-0.39, 0.29) is 13.0 Å². The van der Waals surface area contributed by atoms with Crippen molar-refractivity contribution in [1.29, 1.82) is 0 Å². The molecule has 0 heterocycles. The minimum absolute atomic E-state index is 0.186. The molecule has 0 aromatic rings. The lowest BCUT2D eigenvalue weighted by molar-refractivity contribution is -0.0283. The van der Waals surface area contributed by atoms with Gasteiger partial charge in [0.25, 0.3) is 0 Å². The molecule has 0 aromatic carbocycles. The number of hydrogen-bond donors (Lipinski definition) is 0. The van der Waals surface area contributed by atoms with Crippen molar-refractivity contribution in [2.45, 2.75) is 84.0 Å². The van der Waals surface area contributed by atoms with Crippen molar-refractivity contribution >= 4 is 10.1 Å². The van der Waals surface area contributed by atoms with Crippen molar-refractivity contribution in [3.8, 4) is 0 Å². The first-order valence-corrected chi connectivity index (χ1v) is 22.0. The Hall–Kier alpha value is -0.570. The lowest BCUT2D eigenvalue weighted by atomic mass is 10.1. The molecule has 0 aliphatic heterocycles. The van der Waals surface area contributed by atoms with Crippen LogP contribution in [0, 0.1) is 0 Å². The van der Waals surface area contributed by atoms with Crippen molar-refractivity contribution in [2.24, 2.45) is 0 Å². The highest BCUT2D eigenvalue weighted by Gasteiger charge is 1.99. The van der Waals surface area contributed by atoms with Gasteiger partial charge in [-0.3, -0.25) is 0 Å². The predicted molar refractivity (Wildman–Crippen MR) is 205 cm³/mol. The molecule has 0 atom stereocenters. The standard InChI is InChI=1S/C38H78O15S/c1-2-3-4-5-6-7-8-9-10-11-12-14-42-16-18-44-20-22-46-24-26-48-28-30-50-32-34-52-36-37-53-35-33-51-31-29-49-27-25-47-23-21-45-19-17-43-15-13-38-54(39,40)41/h2-38H2,1H3,(H,39,40,41)/p-1. The fourth-order valence-electron chi connectivity index (χ4n) is 4.73. The lowest BCUT2D eigenvalue weighted by Crippen LogP contribution is -2.15. The van der Waals surface area contributed by atoms with Gasteiger partial charge in [-0.1, -0.05) is 71.1 Å². The third-order valence-electron chi connectivity index (χ3n) is 7.67. The average Bonchev–Trinajstić information content (AvgIpc) is 3.15. The zero-order valence-electron chi connectivity index (χ0n) is 33.7. The molecule has 0 N–H and O–H groups in total. The van der Waals surface area contributed by atoms with Crippen LogP contribution in [0.2, 0.25) is 0 Å². The molecular weight excluding hydrogens is 728 g/mol. The Balaban J connectivity index is 3.07. The van der Waals surface area contributed by atoms with E-state index >= 15 is 0 Å². The Morgan fingerprint density at radius 1 is 0.278 bits per heavy atom. The van der Waals surface area contributed by atoms with Crippen molar-refractivity contribution in [3.63, 3.8) is 0 Å². The molecule has 0 amide bonds. The molecule has 0 radical (unpaired) electrons. The van der Waals surface area contributed by atoms with E-state index in [9.17, 15) is 13.0 Å². The van der Waals surface area contributed by atoms with E-state index in [2.05, 4.69) is 6.92 Å². The van der Waals surface area contributed by atoms with Crippen LogP contribution in [0.15, 0.2) is 0 Å². The van der Waals surface area contributed by atoms with Crippen molar-refractivity contribution in [3.05, 3.63) is 0 Å². The fourth-order valence-corrected chi connectivity index (χ4v) is 5.20. The number of unbranched alkanes of at least 4 members (excludes halogenated alkanes) is 10. The van der Waals surface area contributed by atoms with E-state index < -0.39 is 15.9 Å². The number of rotatable bonds is 49. The zero-order valence-corrected chi connectivity index (χ0v) is 34.5. The Morgan fingerprint density at radius 3 is 0.685 bits per heavy atom. The minimum atomic E-state index is -4.17. The van der Waals surface area contributed by atoms with Crippen molar-refractivity contribution in [1.82, 2.24) is 0 Å². The van der Waals surface area contributed by atoms with Gasteiger partial charge in [0, 0.05) is 19.0 Å². The summed E-state index contributed by atoms with van der Waals surface area (Å²) in [6.45, 7) is 14.1. The van der Waals surface area contributed by atoms with Gasteiger partial charge in [-0.15, -0.1) is 0 Å². The van der Waals surface area contributed by atoms with Gasteiger partial charge >= 0.3 is 0 Å². The quantitative estimate of drug-likeness (QED) is 0.0625. The van der Waals surface area contributed by atoms with E-state index in [1.807, 2.05) is 0 Å². The molecular formula is C38H77O15S-. The van der Waals surface area contributed by atoms with Crippen LogP contribution >= 0.6 is 0 Å². The maximum atomic E-state index is 10.5. The summed E-state index contributed by atoms with van der Waals surface area (Å²) in [5, 5.41) is 0. The van der Waals surface area contributed by atoms with E-state index in [4.69, 9.17) is 56.8 Å². The van der Waals surface area contributed by atoms with Gasteiger partial charge in [0.05, 0.1) is 155 Å². The van der Waals surface area contributed by atoms with Crippen LogP contribution in [0.1, 0.15) is 84.0 Å². The monoisotopic (exact) mass is 805 g/mol. The first kappa shape index (κ1) is 53.4. The number of ether oxygens (including phenoxy) is 12. The largest absolute Gasteiger partial charge is 0.748 e. The topological polar surface area (TPSA) is 168 Å². The first-order chi connectivity index (χ1) is 26.6. The summed E-state index contributed by atoms with van der Waals surface area (Å²) in [5.74, 6) is -0.414. The summed E-state index contributed by atoms with van der Waals surface area (Å²) in [6, 6.07) is 0. The highest BCUT2D eigenvalue weighted by molar-refractivity contribution is 7.85. The molecule has 0 aliphatic rings. The summed E-state index contributed by atoms with van der Waals surface area (Å²) in [7, 11) is -4.17. The molecule has 326 valence electrons. The molecule has 0 aliphatic carbocycles. The Labute approximate surface area is 327 Å². The summed E-state index contributed by atoms with van der Waals surface area (Å²) >= 11 is 0. The molecule has 0 aromatic heterocycles. The predicted octanol–water partition coefficient (Wildman–Crippen LogP) is 4.43. The highest BCUT2D eigenvalue weighted by Crippen LogP contribution is 2.11. The van der Waals surface area contributed by atoms with Gasteiger partial charge in [0.2, 0.25) is 0 Å². The summed E-state index contributed by atoms with van der Waals surface area (Å²) in [4.78, 5) is 0. The Kier molecular flexibility index (Phi) is 46.3. The average molecular weight is 806 g/mol. The van der Waals surface area contributed by atoms with Gasteiger partial charge in [0.1, 0.15) is 0 Å². The van der Waals surface area contributed by atoms with Gasteiger partial charge in [-0.05, 0) is 12.8 Å². The highest BCUT2D eigenvalue weighted by atomic mass is 32.2. The van der Waals surface area contributed by atoms with Gasteiger partial charge in [-0.2, -0.15) is 0 Å². The van der Waals surface area contributed by atoms with Crippen LogP contribution in [-0.4, -0.2) is 177 Å². The molecule has 0 saturated carbocycles. The van der Waals surface area contributed by atoms with Crippen LogP contribution in [0.3, 0.4) is 0 Å². The van der Waals surface area contributed by atoms with Crippen LogP contribution in [0.25, 0.3) is 0 Å². The van der Waals surface area contributed by atoms with E-state index in [0.29, 0.717) is 145 Å². The smallest absolute Gasteiger partial charge is 0.0946 e. The Bertz CT molecular complexity index is 795. The minimum Gasteiger partial charge on any atom is -0.748 e.